The fraction of sp³-hybridized carbons (Fsp3) is 0.560. The Bertz CT molecular complexity index is 608. The minimum absolute atomic E-state index is 0.303. The van der Waals surface area contributed by atoms with Crippen molar-refractivity contribution >= 4 is 0 Å². The van der Waals surface area contributed by atoms with E-state index >= 15 is 0 Å². The van der Waals surface area contributed by atoms with Crippen molar-refractivity contribution in [3.63, 3.8) is 0 Å². The van der Waals surface area contributed by atoms with Crippen LogP contribution in [0.25, 0.3) is 0 Å². The largest absolute Gasteiger partial charge is 0.491 e. The molecule has 0 spiro atoms. The Morgan fingerprint density at radius 1 is 0.852 bits per heavy atom. The molecule has 0 aliphatic carbocycles. The van der Waals surface area contributed by atoms with Gasteiger partial charge in [-0.05, 0) is 74.8 Å². The van der Waals surface area contributed by atoms with Gasteiger partial charge in [0, 0.05) is 11.9 Å². The first-order valence-corrected chi connectivity index (χ1v) is 10.9. The maximum Gasteiger partial charge on any atom is 0.119 e. The van der Waals surface area contributed by atoms with Gasteiger partial charge in [0.2, 0.25) is 0 Å². The van der Waals surface area contributed by atoms with Crippen LogP contribution in [-0.4, -0.2) is 11.1 Å². The fourth-order valence-corrected chi connectivity index (χ4v) is 3.49. The lowest BCUT2D eigenvalue weighted by Gasteiger charge is -2.16. The Morgan fingerprint density at radius 2 is 1.63 bits per heavy atom. The van der Waals surface area contributed by atoms with Gasteiger partial charge in [-0.2, -0.15) is 0 Å². The maximum atomic E-state index is 6.07. The lowest BCUT2D eigenvalue weighted by atomic mass is 9.95. The van der Waals surface area contributed by atoms with Crippen LogP contribution in [0.4, 0.5) is 0 Å². The number of hydrogen-bond donors (Lipinski definition) is 0. The third-order valence-corrected chi connectivity index (χ3v) is 5.30. The molecule has 2 atom stereocenters. The number of aryl methyl sites for hydroxylation is 1. The molecule has 0 aliphatic heterocycles. The second-order valence-corrected chi connectivity index (χ2v) is 7.81. The monoisotopic (exact) mass is 367 g/mol. The smallest absolute Gasteiger partial charge is 0.119 e. The minimum atomic E-state index is 0.303. The quantitative estimate of drug-likeness (QED) is 0.346. The summed E-state index contributed by atoms with van der Waals surface area (Å²) < 4.78 is 6.07. The number of nitrogens with zero attached hydrogens (tertiary/aromatic N) is 1. The lowest BCUT2D eigenvalue weighted by molar-refractivity contribution is 0.206. The van der Waals surface area contributed by atoms with Crippen molar-refractivity contribution in [2.45, 2.75) is 90.6 Å². The van der Waals surface area contributed by atoms with Gasteiger partial charge in [-0.1, -0.05) is 57.7 Å². The van der Waals surface area contributed by atoms with E-state index in [-0.39, 0.29) is 0 Å². The summed E-state index contributed by atoms with van der Waals surface area (Å²) in [5.74, 6) is 1.60. The van der Waals surface area contributed by atoms with E-state index in [1.807, 2.05) is 12.3 Å². The van der Waals surface area contributed by atoms with E-state index in [1.165, 1.54) is 56.2 Å². The van der Waals surface area contributed by atoms with Crippen molar-refractivity contribution in [1.29, 1.82) is 0 Å². The highest BCUT2D eigenvalue weighted by Crippen LogP contribution is 2.25. The van der Waals surface area contributed by atoms with Crippen LogP contribution in [0.5, 0.6) is 5.75 Å². The Morgan fingerprint density at radius 3 is 2.33 bits per heavy atom. The van der Waals surface area contributed by atoms with E-state index in [1.54, 1.807) is 0 Å². The number of benzene rings is 1. The Labute approximate surface area is 166 Å². The molecule has 2 rings (SSSR count). The van der Waals surface area contributed by atoms with Crippen molar-refractivity contribution < 1.29 is 4.74 Å². The number of ether oxygens (including phenoxy) is 1. The zero-order valence-corrected chi connectivity index (χ0v) is 17.5. The van der Waals surface area contributed by atoms with Crippen LogP contribution in [0, 0.1) is 0 Å². The Hall–Kier alpha value is -1.83. The van der Waals surface area contributed by atoms with Gasteiger partial charge in [0.15, 0.2) is 0 Å². The SMILES string of the molecule is CCCCCCC(C)Oc1ccc([C@@H](C)CCCCc2ccccn2)cc1. The lowest BCUT2D eigenvalue weighted by Crippen LogP contribution is -2.11. The average Bonchev–Trinajstić information content (AvgIpc) is 2.70. The van der Waals surface area contributed by atoms with Crippen molar-refractivity contribution in [3.05, 3.63) is 59.9 Å². The summed E-state index contributed by atoms with van der Waals surface area (Å²) in [6.07, 6.45) is 13.3. The molecule has 0 N–H and O–H groups in total. The van der Waals surface area contributed by atoms with Gasteiger partial charge in [0.1, 0.15) is 5.75 Å². The van der Waals surface area contributed by atoms with Gasteiger partial charge >= 0.3 is 0 Å². The summed E-state index contributed by atoms with van der Waals surface area (Å²) in [7, 11) is 0. The summed E-state index contributed by atoms with van der Waals surface area (Å²) in [5, 5.41) is 0. The first kappa shape index (κ1) is 21.5. The van der Waals surface area contributed by atoms with Crippen molar-refractivity contribution in [2.75, 3.05) is 0 Å². The van der Waals surface area contributed by atoms with Crippen LogP contribution in [0.2, 0.25) is 0 Å². The molecule has 1 unspecified atom stereocenters. The molecule has 1 aromatic heterocycles. The molecule has 2 nitrogen and oxygen atoms in total. The summed E-state index contributed by atoms with van der Waals surface area (Å²) in [6.45, 7) is 6.76. The van der Waals surface area contributed by atoms with E-state index in [0.717, 1.165) is 18.6 Å². The van der Waals surface area contributed by atoms with Gasteiger partial charge in [0.05, 0.1) is 6.10 Å². The van der Waals surface area contributed by atoms with Crippen LogP contribution in [0.15, 0.2) is 48.7 Å². The summed E-state index contributed by atoms with van der Waals surface area (Å²) >= 11 is 0. The minimum Gasteiger partial charge on any atom is -0.491 e. The van der Waals surface area contributed by atoms with Gasteiger partial charge in [0.25, 0.3) is 0 Å². The maximum absolute atomic E-state index is 6.07. The van der Waals surface area contributed by atoms with Gasteiger partial charge in [-0.15, -0.1) is 0 Å². The second-order valence-electron chi connectivity index (χ2n) is 7.81. The zero-order valence-electron chi connectivity index (χ0n) is 17.5. The summed E-state index contributed by atoms with van der Waals surface area (Å²) in [5.41, 5.74) is 2.62. The van der Waals surface area contributed by atoms with Crippen molar-refractivity contribution in [1.82, 2.24) is 4.98 Å². The van der Waals surface area contributed by atoms with Crippen LogP contribution < -0.4 is 4.74 Å². The fourth-order valence-electron chi connectivity index (χ4n) is 3.49. The van der Waals surface area contributed by atoms with Crippen LogP contribution >= 0.6 is 0 Å². The molecule has 0 saturated carbocycles. The molecule has 0 bridgehead atoms. The molecule has 148 valence electrons. The van der Waals surface area contributed by atoms with E-state index in [9.17, 15) is 0 Å². The third-order valence-electron chi connectivity index (χ3n) is 5.30. The number of pyridine rings is 1. The zero-order chi connectivity index (χ0) is 19.3. The normalized spacial score (nSPS) is 13.3. The van der Waals surface area contributed by atoms with Gasteiger partial charge in [-0.3, -0.25) is 4.98 Å². The molecular weight excluding hydrogens is 330 g/mol. The molecular formula is C25H37NO. The second kappa shape index (κ2) is 12.5. The summed E-state index contributed by atoms with van der Waals surface area (Å²) in [6, 6.07) is 14.9. The Kier molecular flexibility index (Phi) is 9.97. The molecule has 2 aromatic rings. The molecule has 0 saturated heterocycles. The molecule has 0 radical (unpaired) electrons. The van der Waals surface area contributed by atoms with Gasteiger partial charge < -0.3 is 4.74 Å². The van der Waals surface area contributed by atoms with Crippen LogP contribution in [0.1, 0.15) is 89.3 Å². The topological polar surface area (TPSA) is 22.1 Å². The summed E-state index contributed by atoms with van der Waals surface area (Å²) in [4.78, 5) is 4.40. The molecule has 1 aromatic carbocycles. The molecule has 27 heavy (non-hydrogen) atoms. The van der Waals surface area contributed by atoms with Crippen molar-refractivity contribution in [2.24, 2.45) is 0 Å². The molecule has 2 heteroatoms. The first-order valence-electron chi connectivity index (χ1n) is 10.9. The van der Waals surface area contributed by atoms with Crippen LogP contribution in [0.3, 0.4) is 0 Å². The highest BCUT2D eigenvalue weighted by atomic mass is 16.5. The number of unbranched alkanes of at least 4 members (excludes halogenated alkanes) is 4. The number of hydrogen-bond acceptors (Lipinski definition) is 2. The van der Waals surface area contributed by atoms with E-state index in [2.05, 4.69) is 62.2 Å². The molecule has 0 amide bonds. The van der Waals surface area contributed by atoms with E-state index in [4.69, 9.17) is 4.74 Å². The third kappa shape index (κ3) is 8.60. The van der Waals surface area contributed by atoms with Gasteiger partial charge in [-0.25, -0.2) is 0 Å². The predicted molar refractivity (Wildman–Crippen MR) is 115 cm³/mol. The molecule has 0 aliphatic rings. The van der Waals surface area contributed by atoms with E-state index in [0.29, 0.717) is 12.0 Å². The van der Waals surface area contributed by atoms with E-state index < -0.39 is 0 Å². The predicted octanol–water partition coefficient (Wildman–Crippen LogP) is 7.34. The number of aromatic nitrogens is 1. The average molecular weight is 368 g/mol. The van der Waals surface area contributed by atoms with Crippen molar-refractivity contribution in [3.8, 4) is 5.75 Å². The highest BCUT2D eigenvalue weighted by Gasteiger charge is 2.08. The first-order chi connectivity index (χ1) is 13.2. The standard InChI is InChI=1S/C25H37NO/c1-4-5-6-7-13-22(3)27-25-18-16-23(17-19-25)21(2)12-8-9-14-24-15-10-11-20-26-24/h10-11,15-22H,4-9,12-14H2,1-3H3/t21-,22?/m0/s1. The number of rotatable bonds is 13. The van der Waals surface area contributed by atoms with Crippen LogP contribution in [-0.2, 0) is 6.42 Å². The molecule has 1 heterocycles. The molecule has 0 fully saturated rings. The Balaban J connectivity index is 1.67. The highest BCUT2D eigenvalue weighted by molar-refractivity contribution is 5.29.